The van der Waals surface area contributed by atoms with Crippen molar-refractivity contribution in [2.24, 2.45) is 0 Å². The maximum Gasteiger partial charge on any atom is 0 e. The Labute approximate surface area is 125 Å². The topological polar surface area (TPSA) is 0 Å². The van der Waals surface area contributed by atoms with Gasteiger partial charge in [-0.25, -0.2) is 0 Å². The molecule has 0 aliphatic heterocycles. The minimum absolute atomic E-state index is 0. The standard InChI is InChI=1S/3ClH.Nd.Pr.Sm/h3*1H;;;/q;;;;;+3/p-3. The summed E-state index contributed by atoms with van der Waals surface area (Å²) >= 11 is -2.11. The van der Waals surface area contributed by atoms with Gasteiger partial charge in [-0.3, -0.25) is 0 Å². The van der Waals surface area contributed by atoms with Crippen LogP contribution in [-0.4, -0.2) is 0 Å². The summed E-state index contributed by atoms with van der Waals surface area (Å²) in [6, 6.07) is 0. The Kier molecular flexibility index (Phi) is 35.9. The van der Waals surface area contributed by atoms with Gasteiger partial charge in [0.2, 0.25) is 0 Å². The first-order valence-corrected chi connectivity index (χ1v) is 10.3. The summed E-state index contributed by atoms with van der Waals surface area (Å²) in [6.45, 7) is 0. The van der Waals surface area contributed by atoms with Crippen LogP contribution in [0, 0.1) is 112 Å². The van der Waals surface area contributed by atoms with E-state index < -0.39 is 29.6 Å². The summed E-state index contributed by atoms with van der Waals surface area (Å²) in [6.07, 6.45) is 0. The zero-order valence-electron chi connectivity index (χ0n) is 2.62. The van der Waals surface area contributed by atoms with E-state index in [0.29, 0.717) is 0 Å². The van der Waals surface area contributed by atoms with Crippen LogP contribution in [0.3, 0.4) is 0 Å². The van der Waals surface area contributed by atoms with E-state index in [1.807, 2.05) is 0 Å². The Morgan fingerprint density at radius 1 is 1.00 bits per heavy atom. The van der Waals surface area contributed by atoms with Crippen LogP contribution in [0.5, 0.6) is 0 Å². The first-order chi connectivity index (χ1) is 1.73. The summed E-state index contributed by atoms with van der Waals surface area (Å²) in [5, 5.41) is 0. The summed E-state index contributed by atoms with van der Waals surface area (Å²) in [5.41, 5.74) is 0. The first kappa shape index (κ1) is 17.1. The smallest absolute Gasteiger partial charge is 0 e. The van der Waals surface area contributed by atoms with Gasteiger partial charge in [0, 0.05) is 82.1 Å². The van der Waals surface area contributed by atoms with Gasteiger partial charge in [0.15, 0.2) is 0 Å². The van der Waals surface area contributed by atoms with E-state index in [1.165, 1.54) is 0 Å². The normalized spacial score (nSPS) is 6.00. The van der Waals surface area contributed by atoms with Gasteiger partial charge in [0.1, 0.15) is 0 Å². The molecule has 1 radical (unpaired) electrons. The van der Waals surface area contributed by atoms with Crippen molar-refractivity contribution in [1.29, 1.82) is 0 Å². The Morgan fingerprint density at radius 2 is 1.00 bits per heavy atom. The fraction of sp³-hybridized carbons (Fsp3) is 0. The number of rotatable bonds is 0. The maximum atomic E-state index is 5.00. The zero-order valence-corrected chi connectivity index (χ0v) is 14.4. The molecule has 0 spiro atoms. The predicted octanol–water partition coefficient (Wildman–Crippen LogP) is 2.07. The van der Waals surface area contributed by atoms with E-state index in [0.717, 1.165) is 0 Å². The van der Waals surface area contributed by atoms with Crippen molar-refractivity contribution in [1.82, 2.24) is 0 Å². The number of halogens is 3. The van der Waals surface area contributed by atoms with Gasteiger partial charge in [-0.05, 0) is 0 Å². The van der Waals surface area contributed by atoms with E-state index in [4.69, 9.17) is 17.7 Å². The van der Waals surface area contributed by atoms with Crippen LogP contribution >= 0.6 is 17.7 Å². The molecule has 0 unspecified atom stereocenters. The predicted molar refractivity (Wildman–Crippen MR) is 17.6 cm³/mol. The summed E-state index contributed by atoms with van der Waals surface area (Å²) in [7, 11) is 0. The van der Waals surface area contributed by atoms with Crippen LogP contribution in [0.1, 0.15) is 0 Å². The third-order valence-corrected chi connectivity index (χ3v) is 0. The molecule has 0 fully saturated rings. The van der Waals surface area contributed by atoms with Crippen LogP contribution in [-0.2, 0) is 0 Å². The monoisotopic (exact) mass is 540 g/mol. The second-order valence-corrected chi connectivity index (χ2v) is 11.7. The van der Waals surface area contributed by atoms with Crippen LogP contribution < -0.4 is 0 Å². The van der Waals surface area contributed by atoms with Crippen molar-refractivity contribution in [2.45, 2.75) is 0 Å². The van der Waals surface area contributed by atoms with Crippen LogP contribution in [0.4, 0.5) is 0 Å². The SMILES string of the molecule is [Cl][Sm]([Cl])[Cl].[Nd].[Pr]. The van der Waals surface area contributed by atoms with Gasteiger partial charge in [-0.2, -0.15) is 0 Å². The fourth-order valence-corrected chi connectivity index (χ4v) is 0. The minimum atomic E-state index is -2.11. The molecule has 0 aromatic rings. The van der Waals surface area contributed by atoms with Crippen molar-refractivity contribution in [2.75, 3.05) is 0 Å². The molecule has 0 heterocycles. The second-order valence-electron chi connectivity index (χ2n) is 0.175. The summed E-state index contributed by atoms with van der Waals surface area (Å²) < 4.78 is 0. The Balaban J connectivity index is -0.0000000450. The Hall–Kier alpha value is 4.92. The van der Waals surface area contributed by atoms with Crippen molar-refractivity contribution in [3.63, 3.8) is 0 Å². The van der Waals surface area contributed by atoms with Crippen molar-refractivity contribution < 1.29 is 112 Å². The first-order valence-electron chi connectivity index (χ1n) is 0.463. The fourth-order valence-electron chi connectivity index (χ4n) is 0. The number of hydrogen-bond donors (Lipinski definition) is 0. The van der Waals surface area contributed by atoms with Gasteiger partial charge in [-0.15, -0.1) is 0 Å². The van der Waals surface area contributed by atoms with E-state index in [-0.39, 0.29) is 82.1 Å². The molecule has 6 heavy (non-hydrogen) atoms. The molecule has 0 aromatic carbocycles. The van der Waals surface area contributed by atoms with E-state index in [2.05, 4.69) is 0 Å². The molecule has 0 aromatic heterocycles. The molecule has 0 saturated heterocycles. The average molecular weight is 542 g/mol. The molecule has 0 bridgehead atoms. The molecule has 0 rings (SSSR count). The molecular weight excluding hydrogens is 542 g/mol. The molecule has 0 saturated carbocycles. The van der Waals surface area contributed by atoms with Crippen molar-refractivity contribution in [3.8, 4) is 0 Å². The van der Waals surface area contributed by atoms with Gasteiger partial charge in [0.25, 0.3) is 0 Å². The molecule has 0 atom stereocenters. The second kappa shape index (κ2) is 12.6. The summed E-state index contributed by atoms with van der Waals surface area (Å²) in [5.74, 6) is 15.0. The summed E-state index contributed by atoms with van der Waals surface area (Å²) in [4.78, 5) is 0. The largest absolute Gasteiger partial charge is 0 e. The van der Waals surface area contributed by atoms with Crippen LogP contribution in [0.15, 0.2) is 0 Å². The molecular formula is Cl3NdPrSm. The van der Waals surface area contributed by atoms with Crippen LogP contribution in [0.25, 0.3) is 0 Å². The third-order valence-electron chi connectivity index (χ3n) is 0. The molecule has 6 heteroatoms. The minimum Gasteiger partial charge on any atom is 0 e. The average Bonchev–Trinajstić information content (AvgIpc) is 0.811. The number of hydrogen-bond acceptors (Lipinski definition) is 0. The van der Waals surface area contributed by atoms with E-state index >= 15 is 0 Å². The Morgan fingerprint density at radius 3 is 1.00 bits per heavy atom. The van der Waals surface area contributed by atoms with E-state index in [1.54, 1.807) is 0 Å². The molecule has 0 N–H and O–H groups in total. The van der Waals surface area contributed by atoms with Gasteiger partial charge in [-0.1, -0.05) is 0 Å². The molecule has 34 valence electrons. The Bertz CT molecular complexity index is 15.5. The molecule has 0 nitrogen and oxygen atoms in total. The third kappa shape index (κ3) is 23.1. The van der Waals surface area contributed by atoms with Crippen molar-refractivity contribution in [3.05, 3.63) is 0 Å². The van der Waals surface area contributed by atoms with Gasteiger partial charge >= 0.3 is 47.2 Å². The quantitative estimate of drug-likeness (QED) is 0.441. The zero-order chi connectivity index (χ0) is 3.58. The van der Waals surface area contributed by atoms with Crippen molar-refractivity contribution >= 4 is 17.7 Å². The van der Waals surface area contributed by atoms with Gasteiger partial charge in [0.05, 0.1) is 0 Å². The van der Waals surface area contributed by atoms with Gasteiger partial charge < -0.3 is 0 Å². The maximum absolute atomic E-state index is 5.00. The molecule has 0 aliphatic carbocycles. The molecule has 0 aliphatic rings. The van der Waals surface area contributed by atoms with E-state index in [9.17, 15) is 0 Å². The van der Waals surface area contributed by atoms with Crippen LogP contribution in [0.2, 0.25) is 0 Å². The molecule has 0 amide bonds.